The molecule has 3 rings (SSSR count). The molecule has 1 amide bonds. The average molecular weight is 408 g/mol. The number of likely N-dealkylation sites (tertiary alicyclic amines) is 1. The number of benzene rings is 2. The molecule has 0 bridgehead atoms. The Balaban J connectivity index is 1.68. The molecule has 1 aliphatic rings. The minimum atomic E-state index is -1.08. The zero-order valence-corrected chi connectivity index (χ0v) is 17.6. The predicted octanol–water partition coefficient (Wildman–Crippen LogP) is 4.43. The Morgan fingerprint density at radius 1 is 1.17 bits per heavy atom. The number of ketones is 1. The summed E-state index contributed by atoms with van der Waals surface area (Å²) in [5, 5.41) is 8.85. The monoisotopic (exact) mass is 407 g/mol. The predicted molar refractivity (Wildman–Crippen MR) is 117 cm³/mol. The number of aliphatic hydroxyl groups excluding tert-OH is 1. The van der Waals surface area contributed by atoms with Gasteiger partial charge in [-0.15, -0.1) is 0 Å². The van der Waals surface area contributed by atoms with E-state index < -0.39 is 5.60 Å². The third kappa shape index (κ3) is 5.50. The number of ether oxygens (including phenoxy) is 1. The fourth-order valence-electron chi connectivity index (χ4n) is 3.80. The van der Waals surface area contributed by atoms with Crippen LogP contribution >= 0.6 is 0 Å². The molecule has 1 N–H and O–H groups in total. The lowest BCUT2D eigenvalue weighted by Gasteiger charge is -2.33. The van der Waals surface area contributed by atoms with Gasteiger partial charge in [0.2, 0.25) is 11.7 Å². The smallest absolute Gasteiger partial charge is 0.227 e. The lowest BCUT2D eigenvalue weighted by Crippen LogP contribution is -2.40. The summed E-state index contributed by atoms with van der Waals surface area (Å²) in [7, 11) is 0. The fraction of sp³-hybridized carbons (Fsp3) is 0.360. The van der Waals surface area contributed by atoms with Gasteiger partial charge in [-0.25, -0.2) is 0 Å². The number of carbonyl (C=O) groups is 2. The molecular weight excluding hydrogens is 378 g/mol. The van der Waals surface area contributed by atoms with Gasteiger partial charge in [-0.05, 0) is 49.9 Å². The number of hydrogen-bond acceptors (Lipinski definition) is 4. The summed E-state index contributed by atoms with van der Waals surface area (Å²) in [6.07, 6.45) is 4.22. The van der Waals surface area contributed by atoms with Crippen LogP contribution in [-0.4, -0.2) is 40.4 Å². The molecule has 2 aromatic carbocycles. The van der Waals surface area contributed by atoms with Gasteiger partial charge in [0.15, 0.2) is 5.60 Å². The minimum Gasteiger partial charge on any atom is -0.515 e. The second kappa shape index (κ2) is 9.61. The first-order valence-electron chi connectivity index (χ1n) is 10.3. The topological polar surface area (TPSA) is 66.8 Å². The molecule has 0 spiro atoms. The highest BCUT2D eigenvalue weighted by Crippen LogP contribution is 2.30. The van der Waals surface area contributed by atoms with Crippen molar-refractivity contribution in [2.45, 2.75) is 44.6 Å². The molecule has 30 heavy (non-hydrogen) atoms. The van der Waals surface area contributed by atoms with Crippen molar-refractivity contribution in [3.8, 4) is 5.75 Å². The standard InChI is InChI=1S/C25H29NO4/c1-25(2,23(28)13-15-27)30-22-12-6-10-20(17-22)21-11-7-14-26(18-21)24(29)16-19-8-4-3-5-9-19/h3-6,8-10,12-13,15,17,21,27H,7,11,14,16,18H2,1-2H3/b15-13+. The van der Waals surface area contributed by atoms with Crippen molar-refractivity contribution in [1.82, 2.24) is 4.90 Å². The number of piperidine rings is 1. The largest absolute Gasteiger partial charge is 0.515 e. The fourth-order valence-corrected chi connectivity index (χ4v) is 3.80. The molecule has 158 valence electrons. The van der Waals surface area contributed by atoms with Gasteiger partial charge in [0.1, 0.15) is 5.75 Å². The first-order chi connectivity index (χ1) is 14.4. The molecule has 1 unspecified atom stereocenters. The summed E-state index contributed by atoms with van der Waals surface area (Å²) in [4.78, 5) is 26.8. The molecule has 0 radical (unpaired) electrons. The number of carbonyl (C=O) groups excluding carboxylic acids is 2. The molecular formula is C25H29NO4. The van der Waals surface area contributed by atoms with Crippen molar-refractivity contribution < 1.29 is 19.4 Å². The molecule has 1 aliphatic heterocycles. The third-order valence-corrected chi connectivity index (χ3v) is 5.49. The zero-order chi connectivity index (χ0) is 21.6. The van der Waals surface area contributed by atoms with Crippen LogP contribution in [0.1, 0.15) is 43.7 Å². The van der Waals surface area contributed by atoms with Crippen LogP contribution in [0.5, 0.6) is 5.75 Å². The lowest BCUT2D eigenvalue weighted by molar-refractivity contribution is -0.131. The normalized spacial score (nSPS) is 17.1. The summed E-state index contributed by atoms with van der Waals surface area (Å²) < 4.78 is 5.91. The van der Waals surface area contributed by atoms with Crippen LogP contribution in [-0.2, 0) is 16.0 Å². The van der Waals surface area contributed by atoms with Crippen molar-refractivity contribution in [2.24, 2.45) is 0 Å². The van der Waals surface area contributed by atoms with Crippen molar-refractivity contribution in [3.63, 3.8) is 0 Å². The summed E-state index contributed by atoms with van der Waals surface area (Å²) in [5.74, 6) is 0.676. The van der Waals surface area contributed by atoms with Crippen LogP contribution in [0.15, 0.2) is 66.9 Å². The van der Waals surface area contributed by atoms with E-state index in [0.717, 1.165) is 42.9 Å². The second-order valence-electron chi connectivity index (χ2n) is 8.21. The van der Waals surface area contributed by atoms with E-state index in [1.165, 1.54) is 0 Å². The van der Waals surface area contributed by atoms with E-state index >= 15 is 0 Å². The van der Waals surface area contributed by atoms with Crippen LogP contribution in [0.2, 0.25) is 0 Å². The first kappa shape index (κ1) is 21.6. The number of nitrogens with zero attached hydrogens (tertiary/aromatic N) is 1. The van der Waals surface area contributed by atoms with Crippen LogP contribution in [0.3, 0.4) is 0 Å². The van der Waals surface area contributed by atoms with Gasteiger partial charge in [-0.3, -0.25) is 9.59 Å². The van der Waals surface area contributed by atoms with E-state index in [1.807, 2.05) is 59.5 Å². The second-order valence-corrected chi connectivity index (χ2v) is 8.21. The number of hydrogen-bond donors (Lipinski definition) is 1. The maximum Gasteiger partial charge on any atom is 0.227 e. The Morgan fingerprint density at radius 2 is 1.93 bits per heavy atom. The minimum absolute atomic E-state index is 0.154. The Morgan fingerprint density at radius 3 is 2.67 bits per heavy atom. The first-order valence-corrected chi connectivity index (χ1v) is 10.3. The van der Waals surface area contributed by atoms with Crippen molar-refractivity contribution in [1.29, 1.82) is 0 Å². The highest BCUT2D eigenvalue weighted by Gasteiger charge is 2.29. The Hall–Kier alpha value is -3.08. The average Bonchev–Trinajstić information content (AvgIpc) is 2.74. The molecule has 5 nitrogen and oxygen atoms in total. The van der Waals surface area contributed by atoms with Gasteiger partial charge < -0.3 is 14.7 Å². The van der Waals surface area contributed by atoms with Crippen molar-refractivity contribution in [2.75, 3.05) is 13.1 Å². The quantitative estimate of drug-likeness (QED) is 0.545. The molecule has 1 heterocycles. The van der Waals surface area contributed by atoms with Crippen LogP contribution in [0.4, 0.5) is 0 Å². The third-order valence-electron chi connectivity index (χ3n) is 5.49. The molecule has 1 fully saturated rings. The molecule has 1 saturated heterocycles. The van der Waals surface area contributed by atoms with E-state index in [2.05, 4.69) is 0 Å². The number of rotatable bonds is 7. The highest BCUT2D eigenvalue weighted by atomic mass is 16.5. The van der Waals surface area contributed by atoms with E-state index in [1.54, 1.807) is 13.8 Å². The molecule has 2 aromatic rings. The molecule has 5 heteroatoms. The summed E-state index contributed by atoms with van der Waals surface area (Å²) in [5.41, 5.74) is 1.05. The van der Waals surface area contributed by atoms with Gasteiger partial charge in [0, 0.05) is 25.1 Å². The summed E-state index contributed by atoms with van der Waals surface area (Å²) >= 11 is 0. The molecule has 0 saturated carbocycles. The van der Waals surface area contributed by atoms with E-state index in [-0.39, 0.29) is 17.6 Å². The maximum absolute atomic E-state index is 12.8. The number of aliphatic hydroxyl groups is 1. The maximum atomic E-state index is 12.8. The summed E-state index contributed by atoms with van der Waals surface area (Å²) in [6, 6.07) is 17.6. The van der Waals surface area contributed by atoms with Crippen molar-refractivity contribution >= 4 is 11.7 Å². The van der Waals surface area contributed by atoms with E-state index in [0.29, 0.717) is 18.7 Å². The number of amides is 1. The van der Waals surface area contributed by atoms with Crippen LogP contribution < -0.4 is 4.74 Å². The van der Waals surface area contributed by atoms with Gasteiger partial charge in [0.05, 0.1) is 12.7 Å². The van der Waals surface area contributed by atoms with E-state index in [9.17, 15) is 9.59 Å². The molecule has 0 aromatic heterocycles. The Labute approximate surface area is 178 Å². The Kier molecular flexibility index (Phi) is 6.93. The van der Waals surface area contributed by atoms with Crippen molar-refractivity contribution in [3.05, 3.63) is 78.1 Å². The van der Waals surface area contributed by atoms with Crippen LogP contribution in [0.25, 0.3) is 0 Å². The van der Waals surface area contributed by atoms with Crippen LogP contribution in [0, 0.1) is 0 Å². The van der Waals surface area contributed by atoms with Gasteiger partial charge in [-0.2, -0.15) is 0 Å². The van der Waals surface area contributed by atoms with Gasteiger partial charge >= 0.3 is 0 Å². The van der Waals surface area contributed by atoms with Gasteiger partial charge in [0.25, 0.3) is 0 Å². The molecule has 0 aliphatic carbocycles. The summed E-state index contributed by atoms with van der Waals surface area (Å²) in [6.45, 7) is 4.82. The van der Waals surface area contributed by atoms with E-state index in [4.69, 9.17) is 9.84 Å². The highest BCUT2D eigenvalue weighted by molar-refractivity contribution is 5.96. The zero-order valence-electron chi connectivity index (χ0n) is 17.6. The SMILES string of the molecule is CC(C)(Oc1cccc(C2CCCN(C(=O)Cc3ccccc3)C2)c1)C(=O)/C=C/O. The Bertz CT molecular complexity index is 904. The van der Waals surface area contributed by atoms with Gasteiger partial charge in [-0.1, -0.05) is 42.5 Å². The lowest BCUT2D eigenvalue weighted by atomic mass is 9.90. The molecule has 1 atom stereocenters.